The molecule has 35 heavy (non-hydrogen) atoms. The van der Waals surface area contributed by atoms with E-state index in [-0.39, 0.29) is 13.6 Å². The van der Waals surface area contributed by atoms with Crippen LogP contribution in [0.4, 0.5) is 0 Å². The maximum Gasteiger partial charge on any atom is 0.259 e. The van der Waals surface area contributed by atoms with Crippen LogP contribution in [-0.4, -0.2) is 41.5 Å². The zero-order chi connectivity index (χ0) is 23.7. The Balaban J connectivity index is 1.48. The molecule has 3 aliphatic rings. The van der Waals surface area contributed by atoms with Gasteiger partial charge in [0.25, 0.3) is 11.8 Å². The topological polar surface area (TPSA) is 130 Å². The van der Waals surface area contributed by atoms with Crippen molar-refractivity contribution in [2.45, 2.75) is 13.0 Å². The van der Waals surface area contributed by atoms with E-state index in [9.17, 15) is 9.59 Å². The van der Waals surface area contributed by atoms with Gasteiger partial charge in [0.2, 0.25) is 13.6 Å². The van der Waals surface area contributed by atoms with E-state index in [0.29, 0.717) is 58.4 Å². The Morgan fingerprint density at radius 2 is 1.46 bits per heavy atom. The minimum atomic E-state index is -0.452. The lowest BCUT2D eigenvalue weighted by atomic mass is 9.95. The summed E-state index contributed by atoms with van der Waals surface area (Å²) in [4.78, 5) is 29.5. The molecule has 0 spiro atoms. The van der Waals surface area contributed by atoms with Crippen LogP contribution in [0.25, 0.3) is 33.0 Å². The minimum absolute atomic E-state index is 0.137. The fourth-order valence-corrected chi connectivity index (χ4v) is 5.01. The fourth-order valence-electron chi connectivity index (χ4n) is 5.01. The second-order valence-corrected chi connectivity index (χ2v) is 8.59. The van der Waals surface area contributed by atoms with Crippen molar-refractivity contribution >= 4 is 44.8 Å². The summed E-state index contributed by atoms with van der Waals surface area (Å²) in [6.45, 7) is 1.46. The van der Waals surface area contributed by atoms with Crippen molar-refractivity contribution in [3.05, 3.63) is 47.8 Å². The molecule has 4 aromatic rings. The first-order chi connectivity index (χ1) is 17.1. The molecule has 7 rings (SSSR count). The SMILES string of the molecule is NCCCn1cc(C2=C(c3c[nH]c4cc5c(cc34)OCO5)C(=O)NC2=O)c2cc3c(cc21)OCO3. The van der Waals surface area contributed by atoms with Gasteiger partial charge in [-0.1, -0.05) is 0 Å². The van der Waals surface area contributed by atoms with Crippen molar-refractivity contribution < 1.29 is 28.5 Å². The number of aromatic nitrogens is 2. The summed E-state index contributed by atoms with van der Waals surface area (Å²) in [5.41, 5.74) is 9.27. The Hall–Kier alpha value is -4.44. The molecule has 0 unspecified atom stereocenters. The smallest absolute Gasteiger partial charge is 0.259 e. The van der Waals surface area contributed by atoms with Crippen LogP contribution in [0.1, 0.15) is 17.5 Å². The van der Waals surface area contributed by atoms with Crippen LogP contribution in [0.5, 0.6) is 23.0 Å². The molecular formula is C25H20N4O6. The number of hydrogen-bond donors (Lipinski definition) is 3. The second kappa shape index (κ2) is 7.28. The molecule has 0 atom stereocenters. The Morgan fingerprint density at radius 3 is 2.17 bits per heavy atom. The van der Waals surface area contributed by atoms with Gasteiger partial charge in [-0.25, -0.2) is 0 Å². The van der Waals surface area contributed by atoms with Gasteiger partial charge < -0.3 is 34.2 Å². The molecule has 0 saturated carbocycles. The Kier molecular flexibility index (Phi) is 4.15. The third-order valence-electron chi connectivity index (χ3n) is 6.62. The number of amides is 2. The zero-order valence-corrected chi connectivity index (χ0v) is 18.5. The van der Waals surface area contributed by atoms with Gasteiger partial charge in [-0.15, -0.1) is 0 Å². The molecule has 5 heterocycles. The van der Waals surface area contributed by atoms with Gasteiger partial charge in [0.15, 0.2) is 23.0 Å². The van der Waals surface area contributed by atoms with Gasteiger partial charge in [-0.05, 0) is 25.1 Å². The summed E-state index contributed by atoms with van der Waals surface area (Å²) in [6.07, 6.45) is 4.38. The Labute approximate surface area is 198 Å². The molecule has 2 amide bonds. The molecule has 4 N–H and O–H groups in total. The predicted octanol–water partition coefficient (Wildman–Crippen LogP) is 2.50. The van der Waals surface area contributed by atoms with E-state index in [2.05, 4.69) is 10.3 Å². The highest BCUT2D eigenvalue weighted by Crippen LogP contribution is 2.44. The highest BCUT2D eigenvalue weighted by Gasteiger charge is 2.36. The Morgan fingerprint density at radius 1 is 0.829 bits per heavy atom. The quantitative estimate of drug-likeness (QED) is 0.381. The molecule has 2 aromatic carbocycles. The van der Waals surface area contributed by atoms with E-state index in [0.717, 1.165) is 28.2 Å². The van der Waals surface area contributed by atoms with Gasteiger partial charge in [0.05, 0.1) is 16.7 Å². The second-order valence-electron chi connectivity index (χ2n) is 8.59. The number of ether oxygens (including phenoxy) is 4. The third kappa shape index (κ3) is 2.86. The van der Waals surface area contributed by atoms with Crippen LogP contribution in [0.3, 0.4) is 0 Å². The molecule has 0 radical (unpaired) electrons. The monoisotopic (exact) mass is 472 g/mol. The minimum Gasteiger partial charge on any atom is -0.454 e. The molecule has 10 heteroatoms. The van der Waals surface area contributed by atoms with Crippen molar-refractivity contribution in [2.75, 3.05) is 20.1 Å². The number of aryl methyl sites for hydroxylation is 1. The zero-order valence-electron chi connectivity index (χ0n) is 18.5. The van der Waals surface area contributed by atoms with Crippen molar-refractivity contribution in [2.24, 2.45) is 5.73 Å². The number of rotatable bonds is 5. The molecular weight excluding hydrogens is 452 g/mol. The van der Waals surface area contributed by atoms with E-state index in [1.165, 1.54) is 0 Å². The lowest BCUT2D eigenvalue weighted by Gasteiger charge is -2.05. The number of imide groups is 1. The maximum atomic E-state index is 13.2. The standard InChI is InChI=1S/C25H20N4O6/c26-2-1-3-29-9-15(13-5-19-21(7-17(13)29)35-11-33-19)23-22(24(30)28-25(23)31)14-8-27-16-6-20-18(4-12(14)16)32-10-34-20/h4-9,27H,1-3,10-11,26H2,(H,28,30,31). The molecule has 10 nitrogen and oxygen atoms in total. The molecule has 176 valence electrons. The summed E-state index contributed by atoms with van der Waals surface area (Å²) in [5.74, 6) is 1.57. The third-order valence-corrected chi connectivity index (χ3v) is 6.62. The first-order valence-electron chi connectivity index (χ1n) is 11.3. The normalized spacial score (nSPS) is 16.3. The van der Waals surface area contributed by atoms with E-state index in [1.807, 2.05) is 35.0 Å². The summed E-state index contributed by atoms with van der Waals surface area (Å²) in [5, 5.41) is 4.04. The van der Waals surface area contributed by atoms with Crippen molar-refractivity contribution in [3.63, 3.8) is 0 Å². The lowest BCUT2D eigenvalue weighted by Crippen LogP contribution is -2.22. The predicted molar refractivity (Wildman–Crippen MR) is 126 cm³/mol. The number of benzene rings is 2. The first kappa shape index (κ1) is 20.0. The van der Waals surface area contributed by atoms with Gasteiger partial charge in [-0.2, -0.15) is 0 Å². The number of nitrogens with two attached hydrogens (primary N) is 1. The number of carbonyl (C=O) groups is 2. The number of H-pyrrole nitrogens is 1. The molecule has 0 bridgehead atoms. The molecule has 2 aromatic heterocycles. The van der Waals surface area contributed by atoms with Crippen molar-refractivity contribution in [3.8, 4) is 23.0 Å². The van der Waals surface area contributed by atoms with Crippen LogP contribution in [-0.2, 0) is 16.1 Å². The Bertz CT molecular complexity index is 1610. The number of carbonyl (C=O) groups excluding carboxylic acids is 2. The number of nitrogens with zero attached hydrogens (tertiary/aromatic N) is 1. The summed E-state index contributed by atoms with van der Waals surface area (Å²) < 4.78 is 24.2. The maximum absolute atomic E-state index is 13.2. The van der Waals surface area contributed by atoms with E-state index < -0.39 is 11.8 Å². The van der Waals surface area contributed by atoms with Gasteiger partial charge in [-0.3, -0.25) is 14.9 Å². The number of hydrogen-bond acceptors (Lipinski definition) is 7. The lowest BCUT2D eigenvalue weighted by molar-refractivity contribution is -0.122. The van der Waals surface area contributed by atoms with Crippen LogP contribution in [0.2, 0.25) is 0 Å². The van der Waals surface area contributed by atoms with Crippen molar-refractivity contribution in [1.82, 2.24) is 14.9 Å². The van der Waals surface area contributed by atoms with E-state index in [4.69, 9.17) is 24.7 Å². The molecule has 0 aliphatic carbocycles. The van der Waals surface area contributed by atoms with Crippen LogP contribution >= 0.6 is 0 Å². The van der Waals surface area contributed by atoms with Crippen LogP contribution in [0.15, 0.2) is 36.7 Å². The van der Waals surface area contributed by atoms with Crippen molar-refractivity contribution in [1.29, 1.82) is 0 Å². The summed E-state index contributed by atoms with van der Waals surface area (Å²) in [6, 6.07) is 7.42. The molecule has 0 fully saturated rings. The number of aromatic amines is 1. The average molecular weight is 472 g/mol. The fraction of sp³-hybridized carbons (Fsp3) is 0.200. The number of nitrogens with one attached hydrogen (secondary N) is 2. The van der Waals surface area contributed by atoms with Gasteiger partial charge in [0.1, 0.15) is 0 Å². The highest BCUT2D eigenvalue weighted by atomic mass is 16.7. The van der Waals surface area contributed by atoms with E-state index in [1.54, 1.807) is 6.20 Å². The average Bonchev–Trinajstić information content (AvgIpc) is 3.66. The highest BCUT2D eigenvalue weighted by molar-refractivity contribution is 6.50. The molecule has 0 saturated heterocycles. The van der Waals surface area contributed by atoms with E-state index >= 15 is 0 Å². The largest absolute Gasteiger partial charge is 0.454 e. The number of fused-ring (bicyclic) bond motifs is 4. The summed E-state index contributed by atoms with van der Waals surface area (Å²) >= 11 is 0. The van der Waals surface area contributed by atoms with Gasteiger partial charge in [0, 0.05) is 58.5 Å². The van der Waals surface area contributed by atoms with Crippen LogP contribution in [0, 0.1) is 0 Å². The van der Waals surface area contributed by atoms with Crippen LogP contribution < -0.4 is 30.0 Å². The first-order valence-corrected chi connectivity index (χ1v) is 11.3. The van der Waals surface area contributed by atoms with Gasteiger partial charge >= 0.3 is 0 Å². The molecule has 3 aliphatic heterocycles. The summed E-state index contributed by atoms with van der Waals surface area (Å²) in [7, 11) is 0.